The monoisotopic (exact) mass is 264 g/mol. The van der Waals surface area contributed by atoms with Gasteiger partial charge in [0.2, 0.25) is 5.89 Å². The average molecular weight is 264 g/mol. The number of aliphatic hydroxyl groups excluding tert-OH is 1. The fourth-order valence-corrected chi connectivity index (χ4v) is 0.954. The third-order valence-corrected chi connectivity index (χ3v) is 1.89. The van der Waals surface area contributed by atoms with Crippen LogP contribution in [0.25, 0.3) is 0 Å². The van der Waals surface area contributed by atoms with Crippen LogP contribution in [0.1, 0.15) is 24.6 Å². The zero-order valence-corrected chi connectivity index (χ0v) is 8.17. The van der Waals surface area contributed by atoms with Crippen molar-refractivity contribution >= 4 is 0 Å². The van der Waals surface area contributed by atoms with E-state index < -0.39 is 36.1 Å². The summed E-state index contributed by atoms with van der Waals surface area (Å²) in [6.07, 6.45) is -12.8. The second-order valence-corrected chi connectivity index (χ2v) is 3.23. The van der Waals surface area contributed by atoms with Crippen LogP contribution in [0.5, 0.6) is 0 Å². The molecule has 0 aliphatic rings. The topological polar surface area (TPSA) is 59.2 Å². The molecule has 1 N–H and O–H groups in total. The molecule has 98 valence electrons. The van der Waals surface area contributed by atoms with E-state index in [0.29, 0.717) is 0 Å². The summed E-state index contributed by atoms with van der Waals surface area (Å²) >= 11 is 0. The van der Waals surface area contributed by atoms with E-state index in [0.717, 1.165) is 6.92 Å². The number of alkyl halides is 6. The van der Waals surface area contributed by atoms with E-state index in [9.17, 15) is 26.3 Å². The van der Waals surface area contributed by atoms with E-state index in [-0.39, 0.29) is 0 Å². The zero-order chi connectivity index (χ0) is 13.4. The molecule has 1 rings (SSSR count). The van der Waals surface area contributed by atoms with Crippen LogP contribution in [0.3, 0.4) is 0 Å². The molecule has 1 aromatic heterocycles. The zero-order valence-electron chi connectivity index (χ0n) is 8.17. The van der Waals surface area contributed by atoms with Gasteiger partial charge < -0.3 is 9.63 Å². The first-order chi connectivity index (χ1) is 7.53. The van der Waals surface area contributed by atoms with Gasteiger partial charge in [-0.3, -0.25) is 0 Å². The Morgan fingerprint density at radius 2 is 1.71 bits per heavy atom. The highest BCUT2D eigenvalue weighted by atomic mass is 19.4. The molecule has 1 heterocycles. The van der Waals surface area contributed by atoms with Gasteiger partial charge in [-0.15, -0.1) is 0 Å². The van der Waals surface area contributed by atoms with Crippen LogP contribution >= 0.6 is 0 Å². The SMILES string of the molecule is CC(c1nc(C(F)(F)F)no1)C(O)C(F)(F)F. The first kappa shape index (κ1) is 13.7. The van der Waals surface area contributed by atoms with E-state index in [2.05, 4.69) is 14.7 Å². The molecular weight excluding hydrogens is 258 g/mol. The lowest BCUT2D eigenvalue weighted by Crippen LogP contribution is -2.33. The summed E-state index contributed by atoms with van der Waals surface area (Å²) < 4.78 is 76.3. The lowest BCUT2D eigenvalue weighted by Gasteiger charge is -2.17. The van der Waals surface area contributed by atoms with Gasteiger partial charge in [0.1, 0.15) is 0 Å². The number of hydrogen-bond donors (Lipinski definition) is 1. The number of rotatable bonds is 2. The Balaban J connectivity index is 2.91. The first-order valence-electron chi connectivity index (χ1n) is 4.19. The van der Waals surface area contributed by atoms with Crippen molar-refractivity contribution in [2.45, 2.75) is 31.3 Å². The lowest BCUT2D eigenvalue weighted by molar-refractivity contribution is -0.210. The summed E-state index contributed by atoms with van der Waals surface area (Å²) in [7, 11) is 0. The molecule has 0 fully saturated rings. The molecule has 2 unspecified atom stereocenters. The minimum absolute atomic E-state index is 0.825. The normalized spacial score (nSPS) is 16.9. The third-order valence-electron chi connectivity index (χ3n) is 1.89. The highest BCUT2D eigenvalue weighted by Gasteiger charge is 2.45. The van der Waals surface area contributed by atoms with Crippen molar-refractivity contribution in [3.63, 3.8) is 0 Å². The second-order valence-electron chi connectivity index (χ2n) is 3.23. The summed E-state index contributed by atoms with van der Waals surface area (Å²) in [6.45, 7) is 0.825. The van der Waals surface area contributed by atoms with Gasteiger partial charge in [0.05, 0.1) is 5.92 Å². The minimum Gasteiger partial charge on any atom is -0.383 e. The lowest BCUT2D eigenvalue weighted by atomic mass is 10.1. The molecule has 0 radical (unpaired) electrons. The molecule has 0 aromatic carbocycles. The number of aromatic nitrogens is 2. The van der Waals surface area contributed by atoms with Crippen LogP contribution < -0.4 is 0 Å². The van der Waals surface area contributed by atoms with Crippen LogP contribution in [0, 0.1) is 0 Å². The molecule has 0 saturated carbocycles. The molecule has 0 aliphatic carbocycles. The van der Waals surface area contributed by atoms with E-state index in [4.69, 9.17) is 5.11 Å². The molecule has 0 amide bonds. The maximum absolute atomic E-state index is 12.1. The number of aliphatic hydroxyl groups is 1. The van der Waals surface area contributed by atoms with Crippen LogP contribution in [0.2, 0.25) is 0 Å². The van der Waals surface area contributed by atoms with Crippen molar-refractivity contribution in [3.05, 3.63) is 11.7 Å². The fourth-order valence-electron chi connectivity index (χ4n) is 0.954. The van der Waals surface area contributed by atoms with Gasteiger partial charge in [0, 0.05) is 0 Å². The quantitative estimate of drug-likeness (QED) is 0.831. The molecule has 0 bridgehead atoms. The molecule has 4 nitrogen and oxygen atoms in total. The smallest absolute Gasteiger partial charge is 0.383 e. The summed E-state index contributed by atoms with van der Waals surface area (Å²) in [5.74, 6) is -4.39. The summed E-state index contributed by atoms with van der Waals surface area (Å²) in [5.41, 5.74) is 0. The fraction of sp³-hybridized carbons (Fsp3) is 0.714. The number of hydrogen-bond acceptors (Lipinski definition) is 4. The van der Waals surface area contributed by atoms with E-state index in [1.54, 1.807) is 0 Å². The van der Waals surface area contributed by atoms with Gasteiger partial charge in [0.25, 0.3) is 5.82 Å². The molecule has 0 aliphatic heterocycles. The Morgan fingerprint density at radius 3 is 2.06 bits per heavy atom. The summed E-state index contributed by atoms with van der Waals surface area (Å²) in [5, 5.41) is 11.3. The minimum atomic E-state index is -4.98. The van der Waals surface area contributed by atoms with Crippen molar-refractivity contribution in [3.8, 4) is 0 Å². The van der Waals surface area contributed by atoms with Crippen LogP contribution in [-0.4, -0.2) is 27.5 Å². The second kappa shape index (κ2) is 4.17. The highest BCUT2D eigenvalue weighted by Crippen LogP contribution is 2.32. The Morgan fingerprint density at radius 1 is 1.18 bits per heavy atom. The molecule has 0 saturated heterocycles. The number of halogens is 6. The molecule has 10 heteroatoms. The Kier molecular flexibility index (Phi) is 3.37. The van der Waals surface area contributed by atoms with Crippen LogP contribution in [0.4, 0.5) is 26.3 Å². The maximum Gasteiger partial charge on any atom is 0.455 e. The van der Waals surface area contributed by atoms with E-state index >= 15 is 0 Å². The standard InChI is InChI=1S/C7H6F6N2O2/c1-2(3(16)6(8,9)10)4-14-5(15-17-4)7(11,12)13/h2-3,16H,1H3. The van der Waals surface area contributed by atoms with E-state index in [1.165, 1.54) is 0 Å². The van der Waals surface area contributed by atoms with Crippen molar-refractivity contribution in [1.82, 2.24) is 10.1 Å². The maximum atomic E-state index is 12.1. The van der Waals surface area contributed by atoms with Crippen molar-refractivity contribution in [2.75, 3.05) is 0 Å². The van der Waals surface area contributed by atoms with Gasteiger partial charge in [-0.1, -0.05) is 12.1 Å². The Labute approximate surface area is 90.2 Å². The van der Waals surface area contributed by atoms with Gasteiger partial charge in [-0.05, 0) is 0 Å². The van der Waals surface area contributed by atoms with Gasteiger partial charge in [-0.2, -0.15) is 31.3 Å². The molecule has 1 aromatic rings. The van der Waals surface area contributed by atoms with Crippen molar-refractivity contribution < 1.29 is 36.0 Å². The molecule has 2 atom stereocenters. The highest BCUT2D eigenvalue weighted by molar-refractivity contribution is 4.99. The molecule has 17 heavy (non-hydrogen) atoms. The van der Waals surface area contributed by atoms with Crippen molar-refractivity contribution in [2.24, 2.45) is 0 Å². The van der Waals surface area contributed by atoms with Gasteiger partial charge in [0.15, 0.2) is 6.10 Å². The van der Waals surface area contributed by atoms with Crippen LogP contribution in [0.15, 0.2) is 4.52 Å². The van der Waals surface area contributed by atoms with Crippen molar-refractivity contribution in [1.29, 1.82) is 0 Å². The summed E-state index contributed by atoms with van der Waals surface area (Å²) in [6, 6.07) is 0. The summed E-state index contributed by atoms with van der Waals surface area (Å²) in [4.78, 5) is 2.75. The van der Waals surface area contributed by atoms with Gasteiger partial charge >= 0.3 is 12.4 Å². The molecular formula is C7H6F6N2O2. The van der Waals surface area contributed by atoms with Crippen LogP contribution in [-0.2, 0) is 6.18 Å². The molecule has 0 spiro atoms. The number of nitrogens with zero attached hydrogens (tertiary/aromatic N) is 2. The van der Waals surface area contributed by atoms with E-state index in [1.807, 2.05) is 0 Å². The third kappa shape index (κ3) is 3.08. The predicted octanol–water partition coefficient (Wildman–Crippen LogP) is 2.12. The Hall–Kier alpha value is -1.32. The largest absolute Gasteiger partial charge is 0.455 e. The Bertz CT molecular complexity index is 384. The predicted molar refractivity (Wildman–Crippen MR) is 39.8 cm³/mol. The first-order valence-corrected chi connectivity index (χ1v) is 4.19. The van der Waals surface area contributed by atoms with Gasteiger partial charge in [-0.25, -0.2) is 0 Å². The average Bonchev–Trinajstić information content (AvgIpc) is 2.61.